The Kier molecular flexibility index (Phi) is 5.50. The summed E-state index contributed by atoms with van der Waals surface area (Å²) in [6, 6.07) is 5.21. The number of pyridine rings is 1. The van der Waals surface area contributed by atoms with Crippen LogP contribution in [-0.4, -0.2) is 19.9 Å². The van der Waals surface area contributed by atoms with Gasteiger partial charge in [-0.05, 0) is 34.1 Å². The number of rotatable bonds is 4. The molecule has 2 rings (SSSR count). The second-order valence-corrected chi connectivity index (χ2v) is 8.26. The lowest BCUT2D eigenvalue weighted by atomic mass is 10.3. The van der Waals surface area contributed by atoms with Gasteiger partial charge in [0.25, 0.3) is 0 Å². The molecule has 2 aromatic rings. The quantitative estimate of drug-likeness (QED) is 0.784. The summed E-state index contributed by atoms with van der Waals surface area (Å²) in [6.45, 7) is 0.444. The molecular formula is C13H12BrN3O2S2. The van der Waals surface area contributed by atoms with Crippen molar-refractivity contribution >= 4 is 37.3 Å². The van der Waals surface area contributed by atoms with Crippen molar-refractivity contribution in [1.82, 2.24) is 9.71 Å². The van der Waals surface area contributed by atoms with E-state index in [1.807, 2.05) is 12.1 Å². The average molecular weight is 386 g/mol. The molecule has 0 amide bonds. The van der Waals surface area contributed by atoms with Gasteiger partial charge in [-0.1, -0.05) is 11.8 Å². The van der Waals surface area contributed by atoms with Gasteiger partial charge in [0.05, 0.1) is 10.3 Å². The zero-order valence-electron chi connectivity index (χ0n) is 10.8. The molecule has 8 heteroatoms. The van der Waals surface area contributed by atoms with Crippen LogP contribution in [0.2, 0.25) is 0 Å². The Hall–Kier alpha value is -1.24. The van der Waals surface area contributed by atoms with Crippen molar-refractivity contribution in [2.24, 2.45) is 5.73 Å². The molecule has 0 saturated heterocycles. The first kappa shape index (κ1) is 16.1. The van der Waals surface area contributed by atoms with Crippen LogP contribution in [0.15, 0.2) is 39.3 Å². The lowest BCUT2D eigenvalue weighted by molar-refractivity contribution is 0.581. The molecule has 0 spiro atoms. The molecule has 5 nitrogen and oxygen atoms in total. The molecule has 21 heavy (non-hydrogen) atoms. The number of aromatic nitrogens is 1. The highest BCUT2D eigenvalue weighted by Crippen LogP contribution is 2.22. The molecular weight excluding hydrogens is 374 g/mol. The van der Waals surface area contributed by atoms with Gasteiger partial charge in [-0.2, -0.15) is 0 Å². The molecule has 0 aliphatic heterocycles. The predicted molar refractivity (Wildman–Crippen MR) is 86.2 cm³/mol. The molecule has 0 unspecified atom stereocenters. The first-order valence-corrected chi connectivity index (χ1v) is 8.98. The van der Waals surface area contributed by atoms with Gasteiger partial charge in [-0.15, -0.1) is 11.3 Å². The smallest absolute Gasteiger partial charge is 0.242 e. The summed E-state index contributed by atoms with van der Waals surface area (Å²) in [5, 5.41) is 0. The van der Waals surface area contributed by atoms with Crippen LogP contribution >= 0.6 is 27.3 Å². The third kappa shape index (κ3) is 4.62. The fourth-order valence-electron chi connectivity index (χ4n) is 1.48. The molecule has 0 saturated carbocycles. The van der Waals surface area contributed by atoms with Crippen molar-refractivity contribution in [1.29, 1.82) is 0 Å². The third-order valence-electron chi connectivity index (χ3n) is 2.42. The fourth-order valence-corrected chi connectivity index (χ4v) is 3.99. The summed E-state index contributed by atoms with van der Waals surface area (Å²) in [4.78, 5) is 4.90. The number of nitrogens with one attached hydrogen (secondary N) is 1. The molecule has 0 aliphatic rings. The van der Waals surface area contributed by atoms with Crippen LogP contribution in [0.25, 0.3) is 0 Å². The van der Waals surface area contributed by atoms with E-state index in [1.165, 1.54) is 29.8 Å². The first-order valence-electron chi connectivity index (χ1n) is 5.89. The summed E-state index contributed by atoms with van der Waals surface area (Å²) in [5.74, 6) is 5.42. The number of hydrogen-bond acceptors (Lipinski definition) is 5. The minimum atomic E-state index is -3.62. The van der Waals surface area contributed by atoms with Crippen molar-refractivity contribution in [3.05, 3.63) is 44.8 Å². The highest BCUT2D eigenvalue weighted by molar-refractivity contribution is 9.11. The van der Waals surface area contributed by atoms with Crippen molar-refractivity contribution in [3.8, 4) is 11.8 Å². The number of hydrogen-bond donors (Lipinski definition) is 2. The van der Waals surface area contributed by atoms with Crippen LogP contribution in [-0.2, 0) is 16.6 Å². The predicted octanol–water partition coefficient (Wildman–Crippen LogP) is 1.69. The Labute approximate surface area is 135 Å². The second kappa shape index (κ2) is 7.15. The van der Waals surface area contributed by atoms with Gasteiger partial charge in [0.1, 0.15) is 4.90 Å². The van der Waals surface area contributed by atoms with E-state index in [4.69, 9.17) is 5.73 Å². The van der Waals surface area contributed by atoms with Crippen LogP contribution in [0.5, 0.6) is 0 Å². The van der Waals surface area contributed by atoms with Crippen molar-refractivity contribution < 1.29 is 8.42 Å². The van der Waals surface area contributed by atoms with E-state index in [0.717, 1.165) is 8.66 Å². The Morgan fingerprint density at radius 3 is 2.86 bits per heavy atom. The van der Waals surface area contributed by atoms with E-state index >= 15 is 0 Å². The number of nitrogens with zero attached hydrogens (tertiary/aromatic N) is 1. The van der Waals surface area contributed by atoms with Gasteiger partial charge in [0, 0.05) is 29.4 Å². The van der Waals surface area contributed by atoms with Crippen molar-refractivity contribution in [3.63, 3.8) is 0 Å². The molecule has 0 fully saturated rings. The number of thiophene rings is 1. The lowest BCUT2D eigenvalue weighted by Gasteiger charge is -2.05. The molecule has 2 heterocycles. The topological polar surface area (TPSA) is 85.1 Å². The van der Waals surface area contributed by atoms with Crippen molar-refractivity contribution in [2.45, 2.75) is 11.4 Å². The highest BCUT2D eigenvalue weighted by Gasteiger charge is 2.15. The Balaban J connectivity index is 2.15. The van der Waals surface area contributed by atoms with Crippen LogP contribution in [0.1, 0.15) is 10.4 Å². The van der Waals surface area contributed by atoms with Gasteiger partial charge in [0.2, 0.25) is 10.0 Å². The molecule has 110 valence electrons. The van der Waals surface area contributed by atoms with E-state index in [9.17, 15) is 8.42 Å². The van der Waals surface area contributed by atoms with Crippen molar-refractivity contribution in [2.75, 3.05) is 6.54 Å². The summed E-state index contributed by atoms with van der Waals surface area (Å²) in [5.41, 5.74) is 5.80. The van der Waals surface area contributed by atoms with E-state index in [2.05, 4.69) is 37.5 Å². The number of nitrogens with two attached hydrogens (primary N) is 1. The zero-order valence-corrected chi connectivity index (χ0v) is 14.1. The van der Waals surface area contributed by atoms with Gasteiger partial charge in [-0.25, -0.2) is 13.1 Å². The van der Waals surface area contributed by atoms with Gasteiger partial charge in [0.15, 0.2) is 0 Å². The summed E-state index contributed by atoms with van der Waals surface area (Å²) < 4.78 is 27.9. The summed E-state index contributed by atoms with van der Waals surface area (Å²) >= 11 is 4.81. The minimum absolute atomic E-state index is 0.0851. The maximum atomic E-state index is 12.2. The van der Waals surface area contributed by atoms with E-state index in [0.29, 0.717) is 5.56 Å². The molecule has 0 aromatic carbocycles. The van der Waals surface area contributed by atoms with Crippen LogP contribution in [0.3, 0.4) is 0 Å². The molecule has 3 N–H and O–H groups in total. The first-order chi connectivity index (χ1) is 10.0. The highest BCUT2D eigenvalue weighted by atomic mass is 79.9. The molecule has 0 radical (unpaired) electrons. The number of sulfonamides is 1. The Morgan fingerprint density at radius 1 is 1.38 bits per heavy atom. The van der Waals surface area contributed by atoms with Crippen LogP contribution in [0.4, 0.5) is 0 Å². The monoisotopic (exact) mass is 385 g/mol. The van der Waals surface area contributed by atoms with E-state index in [-0.39, 0.29) is 18.0 Å². The van der Waals surface area contributed by atoms with E-state index < -0.39 is 10.0 Å². The number of halogens is 1. The normalized spacial score (nSPS) is 11.0. The van der Waals surface area contributed by atoms with Crippen LogP contribution in [0, 0.1) is 11.8 Å². The zero-order chi connectivity index (χ0) is 15.3. The molecule has 0 bridgehead atoms. The Bertz CT molecular complexity index is 791. The van der Waals surface area contributed by atoms with Gasteiger partial charge in [-0.3, -0.25) is 4.98 Å². The molecule has 0 aliphatic carbocycles. The summed E-state index contributed by atoms with van der Waals surface area (Å²) in [7, 11) is -3.62. The SMILES string of the molecule is NCC#Cc1cncc(S(=O)(=O)NCc2ccc(Br)s2)c1. The second-order valence-electron chi connectivity index (χ2n) is 3.95. The average Bonchev–Trinajstić information content (AvgIpc) is 2.89. The largest absolute Gasteiger partial charge is 0.320 e. The van der Waals surface area contributed by atoms with Gasteiger partial charge < -0.3 is 5.73 Å². The van der Waals surface area contributed by atoms with Gasteiger partial charge >= 0.3 is 0 Å². The maximum Gasteiger partial charge on any atom is 0.242 e. The lowest BCUT2D eigenvalue weighted by Crippen LogP contribution is -2.23. The summed E-state index contributed by atoms with van der Waals surface area (Å²) in [6.07, 6.45) is 2.79. The van der Waals surface area contributed by atoms with Crippen LogP contribution < -0.4 is 10.5 Å². The molecule has 2 aromatic heterocycles. The molecule has 0 atom stereocenters. The minimum Gasteiger partial charge on any atom is -0.320 e. The third-order valence-corrected chi connectivity index (χ3v) is 5.42. The fraction of sp³-hybridized carbons (Fsp3) is 0.154. The Morgan fingerprint density at radius 2 is 2.19 bits per heavy atom. The standard InChI is InChI=1S/C13H12BrN3O2S2/c14-13-4-3-11(20-13)8-17-21(18,19)12-6-10(2-1-5-15)7-16-9-12/h3-4,6-7,9,17H,5,8,15H2. The van der Waals surface area contributed by atoms with E-state index in [1.54, 1.807) is 0 Å². The maximum absolute atomic E-state index is 12.2.